The summed E-state index contributed by atoms with van der Waals surface area (Å²) in [6.07, 6.45) is 11.9. The van der Waals surface area contributed by atoms with Gasteiger partial charge in [0.15, 0.2) is 0 Å². The average Bonchev–Trinajstić information content (AvgIpc) is 2.21. The molecule has 1 N–H and O–H groups in total. The van der Waals surface area contributed by atoms with Crippen LogP contribution in [-0.2, 0) is 0 Å². The van der Waals surface area contributed by atoms with E-state index in [2.05, 4.69) is 36.0 Å². The number of hydrogen-bond acceptors (Lipinski definition) is 2. The first-order chi connectivity index (χ1) is 6.70. The van der Waals surface area contributed by atoms with Gasteiger partial charge < -0.3 is 0 Å². The first-order valence-electron chi connectivity index (χ1n) is 4.87. The molecule has 0 fully saturated rings. The second-order valence-electron chi connectivity index (χ2n) is 3.13. The molecule has 0 saturated heterocycles. The molecule has 0 saturated carbocycles. The van der Waals surface area contributed by atoms with Crippen molar-refractivity contribution in [3.8, 4) is 0 Å². The molecule has 2 nitrogen and oxygen atoms in total. The van der Waals surface area contributed by atoms with E-state index in [9.17, 15) is 0 Å². The molecule has 0 radical (unpaired) electrons. The molecule has 0 aromatic rings. The maximum absolute atomic E-state index is 4.23. The molecule has 14 heavy (non-hydrogen) atoms. The van der Waals surface area contributed by atoms with Crippen molar-refractivity contribution in [1.29, 1.82) is 0 Å². The molecule has 2 unspecified atom stereocenters. The number of nitrogens with one attached hydrogen (secondary N) is 1. The fourth-order valence-electron chi connectivity index (χ4n) is 0.796. The number of rotatable bonds is 6. The highest BCUT2D eigenvalue weighted by Crippen LogP contribution is 1.98. The summed E-state index contributed by atoms with van der Waals surface area (Å²) in [5.74, 6) is 0.421. The molecule has 0 spiro atoms. The lowest BCUT2D eigenvalue weighted by Crippen LogP contribution is -2.18. The maximum atomic E-state index is 4.23. The summed E-state index contributed by atoms with van der Waals surface area (Å²) in [4.78, 5) is 4.23. The van der Waals surface area contributed by atoms with Crippen molar-refractivity contribution in [3.63, 3.8) is 0 Å². The van der Waals surface area contributed by atoms with Crippen LogP contribution < -0.4 is 5.32 Å². The van der Waals surface area contributed by atoms with E-state index in [1.54, 1.807) is 6.08 Å². The first kappa shape index (κ1) is 12.8. The van der Waals surface area contributed by atoms with Gasteiger partial charge in [-0.25, -0.2) is 0 Å². The molecule has 0 amide bonds. The van der Waals surface area contributed by atoms with E-state index in [1.165, 1.54) is 0 Å². The third-order valence-corrected chi connectivity index (χ3v) is 1.78. The molecule has 0 heterocycles. The van der Waals surface area contributed by atoms with Crippen molar-refractivity contribution >= 4 is 6.21 Å². The van der Waals surface area contributed by atoms with Crippen molar-refractivity contribution in [2.24, 2.45) is 10.9 Å². The second-order valence-corrected chi connectivity index (χ2v) is 3.13. The summed E-state index contributed by atoms with van der Waals surface area (Å²) in [5, 5.41) is 3.03. The van der Waals surface area contributed by atoms with Crippen LogP contribution in [0.25, 0.3) is 0 Å². The zero-order valence-corrected chi connectivity index (χ0v) is 9.27. The Bertz CT molecular complexity index is 226. The van der Waals surface area contributed by atoms with Crippen LogP contribution >= 0.6 is 0 Å². The fraction of sp³-hybridized carbons (Fsp3) is 0.417. The Kier molecular flexibility index (Phi) is 7.75. The Balaban J connectivity index is 3.87. The topological polar surface area (TPSA) is 24.4 Å². The van der Waals surface area contributed by atoms with Gasteiger partial charge in [-0.15, -0.1) is 0 Å². The van der Waals surface area contributed by atoms with Gasteiger partial charge in [0.1, 0.15) is 0 Å². The quantitative estimate of drug-likeness (QED) is 0.507. The fourth-order valence-corrected chi connectivity index (χ4v) is 0.796. The SMILES string of the molecule is C=C/C=C\C(C)/C=C/C=NC(C)NC. The van der Waals surface area contributed by atoms with Gasteiger partial charge >= 0.3 is 0 Å². The van der Waals surface area contributed by atoms with Gasteiger partial charge in [-0.05, 0) is 26.0 Å². The predicted molar refractivity (Wildman–Crippen MR) is 64.7 cm³/mol. The lowest BCUT2D eigenvalue weighted by Gasteiger charge is -2.00. The molecule has 2 heteroatoms. The molecule has 0 bridgehead atoms. The number of aliphatic imine (C=N–C) groups is 1. The van der Waals surface area contributed by atoms with E-state index in [0.29, 0.717) is 5.92 Å². The highest BCUT2D eigenvalue weighted by molar-refractivity contribution is 5.71. The van der Waals surface area contributed by atoms with Crippen LogP contribution in [0, 0.1) is 5.92 Å². The van der Waals surface area contributed by atoms with Gasteiger partial charge in [-0.3, -0.25) is 10.3 Å². The van der Waals surface area contributed by atoms with Crippen LogP contribution in [0.4, 0.5) is 0 Å². The third-order valence-electron chi connectivity index (χ3n) is 1.78. The van der Waals surface area contributed by atoms with E-state index in [-0.39, 0.29) is 6.17 Å². The average molecular weight is 192 g/mol. The van der Waals surface area contributed by atoms with Crippen molar-refractivity contribution in [2.75, 3.05) is 7.05 Å². The van der Waals surface area contributed by atoms with Crippen molar-refractivity contribution in [3.05, 3.63) is 37.0 Å². The largest absolute Gasteiger partial charge is 0.299 e. The minimum atomic E-state index is 0.179. The number of hydrogen-bond donors (Lipinski definition) is 1. The van der Waals surface area contributed by atoms with E-state index < -0.39 is 0 Å². The number of allylic oxidation sites excluding steroid dienone is 5. The zero-order chi connectivity index (χ0) is 10.8. The summed E-state index contributed by atoms with van der Waals surface area (Å²) in [5.41, 5.74) is 0. The lowest BCUT2D eigenvalue weighted by atomic mass is 10.1. The Morgan fingerprint density at radius 1 is 1.21 bits per heavy atom. The van der Waals surface area contributed by atoms with E-state index in [1.807, 2.05) is 32.3 Å². The van der Waals surface area contributed by atoms with Crippen molar-refractivity contribution < 1.29 is 0 Å². The van der Waals surface area contributed by atoms with Crippen LogP contribution in [0.3, 0.4) is 0 Å². The predicted octanol–water partition coefficient (Wildman–Crippen LogP) is 2.56. The van der Waals surface area contributed by atoms with Crippen LogP contribution in [0.15, 0.2) is 42.0 Å². The summed E-state index contributed by atoms with van der Waals surface area (Å²) in [6, 6.07) is 0. The molecular weight excluding hydrogens is 172 g/mol. The summed E-state index contributed by atoms with van der Waals surface area (Å²) in [7, 11) is 1.89. The molecule has 2 atom stereocenters. The van der Waals surface area contributed by atoms with Gasteiger partial charge in [0.2, 0.25) is 0 Å². The first-order valence-corrected chi connectivity index (χ1v) is 4.87. The van der Waals surface area contributed by atoms with Crippen LogP contribution in [-0.4, -0.2) is 19.4 Å². The normalized spacial score (nSPS) is 16.8. The van der Waals surface area contributed by atoms with E-state index in [0.717, 1.165) is 0 Å². The highest BCUT2D eigenvalue weighted by Gasteiger charge is 1.88. The van der Waals surface area contributed by atoms with Gasteiger partial charge in [0.05, 0.1) is 6.17 Å². The molecule has 0 aliphatic heterocycles. The molecule has 0 aliphatic rings. The Morgan fingerprint density at radius 2 is 1.86 bits per heavy atom. The number of nitrogens with zero attached hydrogens (tertiary/aromatic N) is 1. The third kappa shape index (κ3) is 7.50. The molecular formula is C12H20N2. The van der Waals surface area contributed by atoms with Gasteiger partial charge in [-0.2, -0.15) is 0 Å². The Hall–Kier alpha value is -1.15. The van der Waals surface area contributed by atoms with Gasteiger partial charge in [-0.1, -0.05) is 37.8 Å². The standard InChI is InChI=1S/C12H20N2/c1-5-6-8-11(2)9-7-10-14-12(3)13-4/h5-13H,1H2,2-4H3/b8-6-,9-7+,14-10?. The van der Waals surface area contributed by atoms with Crippen LogP contribution in [0.2, 0.25) is 0 Å². The molecule has 78 valence electrons. The zero-order valence-electron chi connectivity index (χ0n) is 9.27. The minimum absolute atomic E-state index is 0.179. The Morgan fingerprint density at radius 3 is 2.43 bits per heavy atom. The summed E-state index contributed by atoms with van der Waals surface area (Å²) < 4.78 is 0. The van der Waals surface area contributed by atoms with Gasteiger partial charge in [0.25, 0.3) is 0 Å². The highest BCUT2D eigenvalue weighted by atomic mass is 15.0. The molecule has 0 aliphatic carbocycles. The van der Waals surface area contributed by atoms with E-state index >= 15 is 0 Å². The summed E-state index contributed by atoms with van der Waals surface area (Å²) in [6.45, 7) is 7.74. The van der Waals surface area contributed by atoms with Gasteiger partial charge in [0, 0.05) is 6.21 Å². The molecule has 0 aromatic heterocycles. The summed E-state index contributed by atoms with van der Waals surface area (Å²) >= 11 is 0. The monoisotopic (exact) mass is 192 g/mol. The molecule has 0 rings (SSSR count). The van der Waals surface area contributed by atoms with Crippen LogP contribution in [0.5, 0.6) is 0 Å². The van der Waals surface area contributed by atoms with Crippen molar-refractivity contribution in [1.82, 2.24) is 5.32 Å². The second kappa shape index (κ2) is 8.45. The molecule has 0 aromatic carbocycles. The smallest absolute Gasteiger partial charge is 0.0963 e. The maximum Gasteiger partial charge on any atom is 0.0963 e. The van der Waals surface area contributed by atoms with Crippen molar-refractivity contribution in [2.45, 2.75) is 20.0 Å². The Labute approximate surface area is 87.1 Å². The minimum Gasteiger partial charge on any atom is -0.299 e. The lowest BCUT2D eigenvalue weighted by molar-refractivity contribution is 0.644. The van der Waals surface area contributed by atoms with Crippen LogP contribution in [0.1, 0.15) is 13.8 Å². The van der Waals surface area contributed by atoms with E-state index in [4.69, 9.17) is 0 Å².